The van der Waals surface area contributed by atoms with E-state index >= 15 is 0 Å². The summed E-state index contributed by atoms with van der Waals surface area (Å²) in [7, 11) is 0. The Hall–Kier alpha value is -3.21. The molecule has 5 heteroatoms. The Morgan fingerprint density at radius 3 is 2.48 bits per heavy atom. The maximum atomic E-state index is 13.4. The first-order valence-electron chi connectivity index (χ1n) is 9.13. The number of carbonyl (C=O) groups excluding carboxylic acids is 1. The summed E-state index contributed by atoms with van der Waals surface area (Å²) in [4.78, 5) is 24.2. The monoisotopic (exact) mass is 358 g/mol. The van der Waals surface area contributed by atoms with E-state index in [9.17, 15) is 4.79 Å². The van der Waals surface area contributed by atoms with Crippen molar-refractivity contribution in [2.45, 2.75) is 33.2 Å². The summed E-state index contributed by atoms with van der Waals surface area (Å²) in [5.74, 6) is 0.488. The summed E-state index contributed by atoms with van der Waals surface area (Å²) in [6.45, 7) is 5.94. The van der Waals surface area contributed by atoms with Crippen molar-refractivity contribution in [1.29, 1.82) is 0 Å². The molecule has 0 spiro atoms. The van der Waals surface area contributed by atoms with Crippen LogP contribution in [0.5, 0.6) is 0 Å². The molecule has 27 heavy (non-hydrogen) atoms. The largest absolute Gasteiger partial charge is 0.323 e. The van der Waals surface area contributed by atoms with Crippen LogP contribution < -0.4 is 10.2 Å². The molecule has 2 heterocycles. The van der Waals surface area contributed by atoms with E-state index in [1.165, 1.54) is 5.56 Å². The van der Waals surface area contributed by atoms with Crippen LogP contribution in [0, 0.1) is 13.8 Å². The van der Waals surface area contributed by atoms with Gasteiger partial charge in [0.1, 0.15) is 0 Å². The number of aryl methyl sites for hydroxylation is 2. The molecule has 0 aliphatic carbocycles. The molecule has 5 nitrogen and oxygen atoms in total. The van der Waals surface area contributed by atoms with Crippen LogP contribution >= 0.6 is 0 Å². The predicted octanol–water partition coefficient (Wildman–Crippen LogP) is 4.43. The van der Waals surface area contributed by atoms with Crippen molar-refractivity contribution in [2.24, 2.45) is 0 Å². The fraction of sp³-hybridized carbons (Fsp3) is 0.227. The van der Waals surface area contributed by atoms with Crippen LogP contribution in [-0.2, 0) is 6.42 Å². The summed E-state index contributed by atoms with van der Waals surface area (Å²) < 4.78 is 0. The molecule has 1 aliphatic rings. The minimum atomic E-state index is -0.0140. The number of hydrogen-bond donors (Lipinski definition) is 1. The predicted molar refractivity (Wildman–Crippen MR) is 108 cm³/mol. The zero-order valence-electron chi connectivity index (χ0n) is 15.7. The Morgan fingerprint density at radius 1 is 1.04 bits per heavy atom. The van der Waals surface area contributed by atoms with Gasteiger partial charge < -0.3 is 10.2 Å². The van der Waals surface area contributed by atoms with Crippen LogP contribution in [-0.4, -0.2) is 21.9 Å². The van der Waals surface area contributed by atoms with Gasteiger partial charge in [-0.2, -0.15) is 0 Å². The molecule has 1 aliphatic heterocycles. The van der Waals surface area contributed by atoms with Crippen molar-refractivity contribution in [3.05, 3.63) is 77.1 Å². The smallest absolute Gasteiger partial charge is 0.260 e. The van der Waals surface area contributed by atoms with Crippen molar-refractivity contribution in [3.8, 4) is 0 Å². The summed E-state index contributed by atoms with van der Waals surface area (Å²) >= 11 is 0. The number of anilines is 3. The van der Waals surface area contributed by atoms with E-state index in [-0.39, 0.29) is 11.9 Å². The topological polar surface area (TPSA) is 58.1 Å². The second kappa shape index (κ2) is 6.83. The number of rotatable bonds is 3. The number of nitrogens with zero attached hydrogens (tertiary/aromatic N) is 3. The molecular formula is C22H22N4O. The van der Waals surface area contributed by atoms with Gasteiger partial charge in [-0.05, 0) is 57.0 Å². The van der Waals surface area contributed by atoms with Crippen LogP contribution in [0.3, 0.4) is 0 Å². The van der Waals surface area contributed by atoms with E-state index in [0.29, 0.717) is 17.2 Å². The van der Waals surface area contributed by atoms with E-state index < -0.39 is 0 Å². The third-order valence-corrected chi connectivity index (χ3v) is 4.81. The van der Waals surface area contributed by atoms with E-state index in [1.54, 1.807) is 0 Å². The first-order valence-corrected chi connectivity index (χ1v) is 9.13. The molecular weight excluding hydrogens is 336 g/mol. The standard InChI is InChI=1S/C22H22N4O/c1-14-12-15(2)24-22(23-14)25-19-10-6-5-9-18(19)21(27)26-16(3)13-17-8-4-7-11-20(17)26/h4-12,16H,13H2,1-3H3,(H,23,24,25)/t16-/m1/s1. The van der Waals surface area contributed by atoms with Crippen molar-refractivity contribution < 1.29 is 4.79 Å². The average Bonchev–Trinajstić information content (AvgIpc) is 2.96. The number of nitrogens with one attached hydrogen (secondary N) is 1. The number of para-hydroxylation sites is 2. The molecule has 4 rings (SSSR count). The van der Waals surface area contributed by atoms with Gasteiger partial charge in [-0.25, -0.2) is 9.97 Å². The quantitative estimate of drug-likeness (QED) is 0.752. The van der Waals surface area contributed by atoms with Crippen LogP contribution in [0.1, 0.15) is 34.2 Å². The second-order valence-electron chi connectivity index (χ2n) is 7.00. The number of hydrogen-bond acceptors (Lipinski definition) is 4. The highest BCUT2D eigenvalue weighted by Crippen LogP contribution is 2.34. The lowest BCUT2D eigenvalue weighted by Crippen LogP contribution is -2.36. The lowest BCUT2D eigenvalue weighted by molar-refractivity contribution is 0.0982. The highest BCUT2D eigenvalue weighted by atomic mass is 16.2. The zero-order chi connectivity index (χ0) is 19.0. The first kappa shape index (κ1) is 17.2. The molecule has 1 atom stereocenters. The zero-order valence-corrected chi connectivity index (χ0v) is 15.7. The normalized spacial score (nSPS) is 15.5. The fourth-order valence-electron chi connectivity index (χ4n) is 3.69. The number of fused-ring (bicyclic) bond motifs is 1. The van der Waals surface area contributed by atoms with Gasteiger partial charge in [0.2, 0.25) is 5.95 Å². The van der Waals surface area contributed by atoms with Crippen LogP contribution in [0.4, 0.5) is 17.3 Å². The average molecular weight is 358 g/mol. The van der Waals surface area contributed by atoms with Gasteiger partial charge in [-0.3, -0.25) is 4.79 Å². The maximum absolute atomic E-state index is 13.4. The summed E-state index contributed by atoms with van der Waals surface area (Å²) in [5.41, 5.74) is 5.30. The Balaban J connectivity index is 1.70. The summed E-state index contributed by atoms with van der Waals surface area (Å²) in [6.07, 6.45) is 0.873. The number of aromatic nitrogens is 2. The highest BCUT2D eigenvalue weighted by molar-refractivity contribution is 6.11. The third-order valence-electron chi connectivity index (χ3n) is 4.81. The number of benzene rings is 2. The van der Waals surface area contributed by atoms with E-state index in [4.69, 9.17) is 0 Å². The van der Waals surface area contributed by atoms with Crippen molar-refractivity contribution >= 4 is 23.2 Å². The minimum Gasteiger partial charge on any atom is -0.323 e. The van der Waals surface area contributed by atoms with Gasteiger partial charge in [-0.15, -0.1) is 0 Å². The summed E-state index contributed by atoms with van der Waals surface area (Å²) in [6, 6.07) is 17.7. The maximum Gasteiger partial charge on any atom is 0.260 e. The fourth-order valence-corrected chi connectivity index (χ4v) is 3.69. The van der Waals surface area contributed by atoms with Gasteiger partial charge in [0.15, 0.2) is 0 Å². The summed E-state index contributed by atoms with van der Waals surface area (Å²) in [5, 5.41) is 3.23. The number of carbonyl (C=O) groups is 1. The Morgan fingerprint density at radius 2 is 1.70 bits per heavy atom. The van der Waals surface area contributed by atoms with Gasteiger partial charge in [0.25, 0.3) is 5.91 Å². The molecule has 0 bridgehead atoms. The van der Waals surface area contributed by atoms with E-state index in [0.717, 1.165) is 23.5 Å². The molecule has 136 valence electrons. The second-order valence-corrected chi connectivity index (χ2v) is 7.00. The molecule has 0 radical (unpaired) electrons. The van der Waals surface area contributed by atoms with E-state index in [2.05, 4.69) is 28.3 Å². The lowest BCUT2D eigenvalue weighted by atomic mass is 10.1. The number of amides is 1. The molecule has 0 fully saturated rings. The molecule has 0 saturated heterocycles. The molecule has 1 N–H and O–H groups in total. The van der Waals surface area contributed by atoms with Crippen molar-refractivity contribution in [1.82, 2.24) is 9.97 Å². The van der Waals surface area contributed by atoms with Gasteiger partial charge in [0.05, 0.1) is 11.3 Å². The molecule has 1 aromatic heterocycles. The first-order chi connectivity index (χ1) is 13.0. The third kappa shape index (κ3) is 3.28. The van der Waals surface area contributed by atoms with Crippen LogP contribution in [0.15, 0.2) is 54.6 Å². The molecule has 0 saturated carbocycles. The van der Waals surface area contributed by atoms with Crippen molar-refractivity contribution in [2.75, 3.05) is 10.2 Å². The molecule has 0 unspecified atom stereocenters. The Kier molecular flexibility index (Phi) is 4.36. The SMILES string of the molecule is Cc1cc(C)nc(Nc2ccccc2C(=O)N2c3ccccc3C[C@H]2C)n1. The van der Waals surface area contributed by atoms with Crippen LogP contribution in [0.2, 0.25) is 0 Å². The van der Waals surface area contributed by atoms with E-state index in [1.807, 2.05) is 67.3 Å². The molecule has 2 aromatic carbocycles. The van der Waals surface area contributed by atoms with Crippen molar-refractivity contribution in [3.63, 3.8) is 0 Å². The van der Waals surface area contributed by atoms with Gasteiger partial charge in [-0.1, -0.05) is 30.3 Å². The van der Waals surface area contributed by atoms with Gasteiger partial charge in [0, 0.05) is 23.1 Å². The molecule has 3 aromatic rings. The Bertz CT molecular complexity index is 994. The highest BCUT2D eigenvalue weighted by Gasteiger charge is 2.32. The Labute approximate surface area is 159 Å². The minimum absolute atomic E-state index is 0.0140. The molecule has 1 amide bonds. The van der Waals surface area contributed by atoms with Gasteiger partial charge >= 0.3 is 0 Å². The lowest BCUT2D eigenvalue weighted by Gasteiger charge is -2.24. The van der Waals surface area contributed by atoms with Crippen LogP contribution in [0.25, 0.3) is 0 Å².